The normalized spacial score (nSPS) is 14.1. The van der Waals surface area contributed by atoms with Crippen LogP contribution < -0.4 is 4.90 Å². The van der Waals surface area contributed by atoms with Crippen LogP contribution in [-0.4, -0.2) is 34.4 Å². The zero-order chi connectivity index (χ0) is 25.9. The molecule has 1 aromatic heterocycles. The molecule has 4 aromatic rings. The van der Waals surface area contributed by atoms with E-state index in [2.05, 4.69) is 48.7 Å². The number of carbonyl (C=O) groups is 2. The molecule has 1 atom stereocenters. The first kappa shape index (κ1) is 24.6. The number of anilines is 1. The van der Waals surface area contributed by atoms with Crippen LogP contribution >= 0.6 is 0 Å². The van der Waals surface area contributed by atoms with E-state index < -0.39 is 0 Å². The van der Waals surface area contributed by atoms with Crippen molar-refractivity contribution in [2.24, 2.45) is 0 Å². The summed E-state index contributed by atoms with van der Waals surface area (Å²) in [5, 5.41) is 0. The predicted octanol–water partition coefficient (Wildman–Crippen LogP) is 6.47. The Morgan fingerprint density at radius 2 is 1.46 bits per heavy atom. The molecule has 0 saturated heterocycles. The van der Waals surface area contributed by atoms with Gasteiger partial charge in [0.2, 0.25) is 5.91 Å². The lowest BCUT2D eigenvalue weighted by molar-refractivity contribution is -0.119. The predicted molar refractivity (Wildman–Crippen MR) is 148 cm³/mol. The van der Waals surface area contributed by atoms with Gasteiger partial charge in [-0.2, -0.15) is 0 Å². The van der Waals surface area contributed by atoms with Crippen molar-refractivity contribution in [3.8, 4) is 5.69 Å². The lowest BCUT2D eigenvalue weighted by atomic mass is 9.97. The van der Waals surface area contributed by atoms with E-state index in [1.807, 2.05) is 72.6 Å². The number of benzene rings is 3. The average molecular weight is 492 g/mol. The molecule has 0 radical (unpaired) electrons. The molecule has 1 aliphatic heterocycles. The smallest absolute Gasteiger partial charge is 0.254 e. The Hall–Kier alpha value is -4.12. The van der Waals surface area contributed by atoms with Crippen LogP contribution in [0.1, 0.15) is 58.5 Å². The minimum atomic E-state index is -0.291. The van der Waals surface area contributed by atoms with E-state index in [1.165, 1.54) is 5.56 Å². The van der Waals surface area contributed by atoms with Crippen LogP contribution in [0.2, 0.25) is 0 Å². The summed E-state index contributed by atoms with van der Waals surface area (Å²) in [7, 11) is 0. The summed E-state index contributed by atoms with van der Waals surface area (Å²) >= 11 is 0. The van der Waals surface area contributed by atoms with Gasteiger partial charge < -0.3 is 9.47 Å². The maximum atomic E-state index is 14.2. The number of rotatable bonds is 7. The van der Waals surface area contributed by atoms with E-state index in [9.17, 15) is 9.59 Å². The van der Waals surface area contributed by atoms with Gasteiger partial charge in [0.15, 0.2) is 0 Å². The molecule has 2 heterocycles. The topological polar surface area (TPSA) is 45.6 Å². The van der Waals surface area contributed by atoms with Crippen LogP contribution in [0.25, 0.3) is 5.69 Å². The highest BCUT2D eigenvalue weighted by Gasteiger charge is 2.37. The monoisotopic (exact) mass is 491 g/mol. The SMILES string of the molecule is CCCCN(CC(=O)N1c2ccccc2-n2cccc2C1c1ccc(C)cc1)C(=O)c1ccc(C)cc1. The first-order valence-corrected chi connectivity index (χ1v) is 13.0. The van der Waals surface area contributed by atoms with E-state index >= 15 is 0 Å². The number of aryl methyl sites for hydroxylation is 2. The summed E-state index contributed by atoms with van der Waals surface area (Å²) < 4.78 is 2.16. The number of hydrogen-bond donors (Lipinski definition) is 0. The fraction of sp³-hybridized carbons (Fsp3) is 0.250. The zero-order valence-electron chi connectivity index (χ0n) is 21.7. The van der Waals surface area contributed by atoms with Crippen LogP contribution in [0, 0.1) is 13.8 Å². The van der Waals surface area contributed by atoms with Gasteiger partial charge in [-0.1, -0.05) is 73.0 Å². The molecule has 0 bridgehead atoms. The van der Waals surface area contributed by atoms with Crippen LogP contribution in [0.5, 0.6) is 0 Å². The van der Waals surface area contributed by atoms with E-state index in [4.69, 9.17) is 0 Å². The minimum absolute atomic E-state index is 0.0180. The second kappa shape index (κ2) is 10.5. The summed E-state index contributed by atoms with van der Waals surface area (Å²) in [6, 6.07) is 27.7. The Morgan fingerprint density at radius 1 is 0.811 bits per heavy atom. The lowest BCUT2D eigenvalue weighted by Gasteiger charge is -2.39. The number of nitrogens with zero attached hydrogens (tertiary/aromatic N) is 3. The fourth-order valence-corrected chi connectivity index (χ4v) is 5.05. The molecule has 1 aliphatic rings. The molecule has 3 aromatic carbocycles. The standard InChI is InChI=1S/C32H33N3O2/c1-4-5-20-33(32(37)26-18-14-24(3)15-19-26)22-30(36)35-28-10-7-6-9-27(28)34-21-8-11-29(34)31(35)25-16-12-23(2)13-17-25/h6-19,21,31H,4-5,20,22H2,1-3H3. The number of para-hydroxylation sites is 2. The molecule has 0 fully saturated rings. The lowest BCUT2D eigenvalue weighted by Crippen LogP contribution is -2.47. The van der Waals surface area contributed by atoms with Crippen LogP contribution in [0.4, 0.5) is 5.69 Å². The Balaban J connectivity index is 1.55. The highest BCUT2D eigenvalue weighted by Crippen LogP contribution is 2.42. The van der Waals surface area contributed by atoms with Gasteiger partial charge in [0.05, 0.1) is 17.1 Å². The molecule has 0 aliphatic carbocycles. The minimum Gasteiger partial charge on any atom is -0.329 e. The number of unbranched alkanes of at least 4 members (excludes halogenated alkanes) is 1. The first-order valence-electron chi connectivity index (χ1n) is 13.0. The van der Waals surface area contributed by atoms with Gasteiger partial charge in [0.1, 0.15) is 12.6 Å². The van der Waals surface area contributed by atoms with E-state index in [0.29, 0.717) is 12.1 Å². The maximum absolute atomic E-state index is 14.2. The molecule has 0 saturated carbocycles. The second-order valence-corrected chi connectivity index (χ2v) is 9.82. The van der Waals surface area contributed by atoms with Crippen LogP contribution in [-0.2, 0) is 4.79 Å². The average Bonchev–Trinajstić information content (AvgIpc) is 3.41. The molecule has 188 valence electrons. The molecule has 5 nitrogen and oxygen atoms in total. The third-order valence-corrected chi connectivity index (χ3v) is 7.07. The zero-order valence-corrected chi connectivity index (χ0v) is 21.7. The number of amides is 2. The second-order valence-electron chi connectivity index (χ2n) is 9.82. The molecule has 5 heteroatoms. The number of aromatic nitrogens is 1. The van der Waals surface area contributed by atoms with Crippen molar-refractivity contribution in [3.63, 3.8) is 0 Å². The highest BCUT2D eigenvalue weighted by atomic mass is 16.2. The van der Waals surface area contributed by atoms with Gasteiger partial charge in [-0.05, 0) is 62.2 Å². The van der Waals surface area contributed by atoms with Gasteiger partial charge in [-0.3, -0.25) is 14.5 Å². The summed E-state index contributed by atoms with van der Waals surface area (Å²) in [4.78, 5) is 31.3. The third-order valence-electron chi connectivity index (χ3n) is 7.07. The van der Waals surface area contributed by atoms with Crippen LogP contribution in [0.15, 0.2) is 91.1 Å². The molecule has 37 heavy (non-hydrogen) atoms. The Morgan fingerprint density at radius 3 is 2.14 bits per heavy atom. The summed E-state index contributed by atoms with van der Waals surface area (Å²) in [5.41, 5.74) is 6.75. The van der Waals surface area contributed by atoms with Gasteiger partial charge in [-0.25, -0.2) is 0 Å². The van der Waals surface area contributed by atoms with Crippen molar-refractivity contribution in [2.75, 3.05) is 18.0 Å². The molecule has 0 N–H and O–H groups in total. The van der Waals surface area contributed by atoms with Crippen molar-refractivity contribution in [2.45, 2.75) is 39.7 Å². The Kier molecular flexibility index (Phi) is 6.95. The Bertz CT molecular complexity index is 1400. The largest absolute Gasteiger partial charge is 0.329 e. The Labute approximate surface area is 219 Å². The van der Waals surface area contributed by atoms with Gasteiger partial charge >= 0.3 is 0 Å². The molecule has 2 amide bonds. The van der Waals surface area contributed by atoms with Gasteiger partial charge in [0, 0.05) is 18.3 Å². The molecular formula is C32H33N3O2. The third kappa shape index (κ3) is 4.82. The fourth-order valence-electron chi connectivity index (χ4n) is 5.05. The number of carbonyl (C=O) groups excluding carboxylic acids is 2. The van der Waals surface area contributed by atoms with Gasteiger partial charge in [0.25, 0.3) is 5.91 Å². The number of hydrogen-bond acceptors (Lipinski definition) is 2. The summed E-state index contributed by atoms with van der Waals surface area (Å²) in [6.07, 6.45) is 3.83. The molecule has 1 unspecified atom stereocenters. The van der Waals surface area contributed by atoms with E-state index in [1.54, 1.807) is 4.90 Å². The molecule has 0 spiro atoms. The van der Waals surface area contributed by atoms with E-state index in [-0.39, 0.29) is 24.4 Å². The van der Waals surface area contributed by atoms with Crippen molar-refractivity contribution < 1.29 is 9.59 Å². The first-order chi connectivity index (χ1) is 18.0. The number of fused-ring (bicyclic) bond motifs is 3. The van der Waals surface area contributed by atoms with Crippen molar-refractivity contribution in [1.82, 2.24) is 9.47 Å². The molecular weight excluding hydrogens is 458 g/mol. The van der Waals surface area contributed by atoms with Gasteiger partial charge in [-0.15, -0.1) is 0 Å². The van der Waals surface area contributed by atoms with Crippen LogP contribution in [0.3, 0.4) is 0 Å². The molecule has 5 rings (SSSR count). The summed E-state index contributed by atoms with van der Waals surface area (Å²) in [5.74, 6) is -0.204. The summed E-state index contributed by atoms with van der Waals surface area (Å²) in [6.45, 7) is 6.72. The van der Waals surface area contributed by atoms with Crippen molar-refractivity contribution >= 4 is 17.5 Å². The van der Waals surface area contributed by atoms with Crippen molar-refractivity contribution in [1.29, 1.82) is 0 Å². The maximum Gasteiger partial charge on any atom is 0.254 e. The highest BCUT2D eigenvalue weighted by molar-refractivity contribution is 6.02. The van der Waals surface area contributed by atoms with Crippen molar-refractivity contribution in [3.05, 3.63) is 119 Å². The quantitative estimate of drug-likeness (QED) is 0.297. The van der Waals surface area contributed by atoms with E-state index in [0.717, 1.165) is 41.0 Å².